The molecule has 0 bridgehead atoms. The van der Waals surface area contributed by atoms with Gasteiger partial charge in [0.15, 0.2) is 0 Å². The third kappa shape index (κ3) is 4.57. The van der Waals surface area contributed by atoms with Crippen molar-refractivity contribution in [2.45, 2.75) is 20.0 Å². The molecule has 31 heavy (non-hydrogen) atoms. The van der Waals surface area contributed by atoms with Crippen molar-refractivity contribution in [3.63, 3.8) is 0 Å². The summed E-state index contributed by atoms with van der Waals surface area (Å²) >= 11 is 0. The molecule has 6 nitrogen and oxygen atoms in total. The number of aromatic nitrogens is 1. The molecular weight excluding hydrogens is 388 g/mol. The monoisotopic (exact) mass is 412 g/mol. The number of hydrogen-bond donors (Lipinski definition) is 1. The number of benzene rings is 2. The highest BCUT2D eigenvalue weighted by Gasteiger charge is 2.18. The fourth-order valence-corrected chi connectivity index (χ4v) is 3.79. The average molecular weight is 412 g/mol. The van der Waals surface area contributed by atoms with Gasteiger partial charge in [0.2, 0.25) is 0 Å². The zero-order valence-electron chi connectivity index (χ0n) is 17.6. The maximum atomic E-state index is 12.9. The van der Waals surface area contributed by atoms with Gasteiger partial charge in [-0.15, -0.1) is 0 Å². The summed E-state index contributed by atoms with van der Waals surface area (Å²) in [4.78, 5) is 19.6. The van der Waals surface area contributed by atoms with E-state index in [1.54, 1.807) is 18.3 Å². The van der Waals surface area contributed by atoms with Crippen LogP contribution in [0.4, 0.5) is 11.5 Å². The summed E-state index contributed by atoms with van der Waals surface area (Å²) in [6.45, 7) is 6.29. The lowest BCUT2D eigenvalue weighted by molar-refractivity contribution is 0.0529. The fourth-order valence-electron chi connectivity index (χ4n) is 3.79. The number of nitrogens with one attached hydrogen (secondary N) is 1. The number of carbonyl (C=O) groups is 1. The standard InChI is InChI=1S/C25H24N4O2/c1-17-16-29(12-13-31-17)24-11-10-21(15-27-24)28-25(30)23-5-3-4-22(18(23)2)20-8-6-19(14-26)7-9-20/h3-11,15,17H,12-13,16H2,1-2H3,(H,28,30)/t17-/m0/s1. The Labute approximate surface area is 182 Å². The van der Waals surface area contributed by atoms with Crippen molar-refractivity contribution in [3.05, 3.63) is 77.5 Å². The van der Waals surface area contributed by atoms with Gasteiger partial charge in [-0.05, 0) is 60.9 Å². The third-order valence-electron chi connectivity index (χ3n) is 5.47. The molecule has 1 aliphatic rings. The van der Waals surface area contributed by atoms with Crippen molar-refractivity contribution in [2.75, 3.05) is 29.9 Å². The minimum Gasteiger partial charge on any atom is -0.375 e. The van der Waals surface area contributed by atoms with Gasteiger partial charge >= 0.3 is 0 Å². The molecule has 1 amide bonds. The van der Waals surface area contributed by atoms with Crippen LogP contribution in [0.3, 0.4) is 0 Å². The number of nitriles is 1. The largest absolute Gasteiger partial charge is 0.375 e. The van der Waals surface area contributed by atoms with Gasteiger partial charge in [-0.1, -0.05) is 24.3 Å². The van der Waals surface area contributed by atoms with E-state index in [0.29, 0.717) is 23.4 Å². The normalized spacial score (nSPS) is 15.9. The van der Waals surface area contributed by atoms with Crippen LogP contribution in [-0.2, 0) is 4.74 Å². The second kappa shape index (κ2) is 8.99. The topological polar surface area (TPSA) is 78.2 Å². The van der Waals surface area contributed by atoms with E-state index in [-0.39, 0.29) is 12.0 Å². The van der Waals surface area contributed by atoms with Crippen LogP contribution in [-0.4, -0.2) is 36.7 Å². The molecule has 3 aromatic rings. The lowest BCUT2D eigenvalue weighted by Gasteiger charge is -2.32. The zero-order valence-corrected chi connectivity index (χ0v) is 17.6. The summed E-state index contributed by atoms with van der Waals surface area (Å²) in [5.74, 6) is 0.703. The zero-order chi connectivity index (χ0) is 21.8. The van der Waals surface area contributed by atoms with Crippen LogP contribution in [0.5, 0.6) is 0 Å². The Balaban J connectivity index is 1.50. The first-order chi connectivity index (χ1) is 15.0. The number of anilines is 2. The molecule has 0 saturated carbocycles. The predicted octanol–water partition coefficient (Wildman–Crippen LogP) is 4.41. The van der Waals surface area contributed by atoms with Crippen LogP contribution >= 0.6 is 0 Å². The highest BCUT2D eigenvalue weighted by atomic mass is 16.5. The Hall–Kier alpha value is -3.69. The van der Waals surface area contributed by atoms with Crippen LogP contribution in [0.1, 0.15) is 28.4 Å². The van der Waals surface area contributed by atoms with E-state index >= 15 is 0 Å². The average Bonchev–Trinajstić information content (AvgIpc) is 2.80. The van der Waals surface area contributed by atoms with Gasteiger partial charge < -0.3 is 15.0 Å². The number of amides is 1. The van der Waals surface area contributed by atoms with E-state index in [9.17, 15) is 4.79 Å². The fraction of sp³-hybridized carbons (Fsp3) is 0.240. The van der Waals surface area contributed by atoms with Crippen LogP contribution in [0.25, 0.3) is 11.1 Å². The van der Waals surface area contributed by atoms with Crippen molar-refractivity contribution >= 4 is 17.4 Å². The van der Waals surface area contributed by atoms with Crippen LogP contribution < -0.4 is 10.2 Å². The van der Waals surface area contributed by atoms with Crippen LogP contribution in [0, 0.1) is 18.3 Å². The number of carbonyl (C=O) groups excluding carboxylic acids is 1. The van der Waals surface area contributed by atoms with E-state index in [0.717, 1.165) is 35.6 Å². The molecule has 1 atom stereocenters. The van der Waals surface area contributed by atoms with E-state index in [1.165, 1.54) is 0 Å². The Kier molecular flexibility index (Phi) is 5.96. The molecule has 0 radical (unpaired) electrons. The molecule has 1 aliphatic heterocycles. The highest BCUT2D eigenvalue weighted by molar-refractivity contribution is 6.06. The summed E-state index contributed by atoms with van der Waals surface area (Å²) in [5, 5.41) is 11.9. The van der Waals surface area contributed by atoms with Gasteiger partial charge in [0.25, 0.3) is 5.91 Å². The van der Waals surface area contributed by atoms with Crippen molar-refractivity contribution in [1.29, 1.82) is 5.26 Å². The second-order valence-electron chi connectivity index (χ2n) is 7.65. The number of morpholine rings is 1. The molecule has 0 aliphatic carbocycles. The Morgan fingerprint density at radius 3 is 2.68 bits per heavy atom. The number of pyridine rings is 1. The van der Waals surface area contributed by atoms with Crippen LogP contribution in [0.2, 0.25) is 0 Å². The minimum absolute atomic E-state index is 0.178. The summed E-state index contributed by atoms with van der Waals surface area (Å²) in [6, 6.07) is 19.0. The molecule has 2 aromatic carbocycles. The van der Waals surface area contributed by atoms with Gasteiger partial charge in [-0.3, -0.25) is 4.79 Å². The maximum Gasteiger partial charge on any atom is 0.255 e. The predicted molar refractivity (Wildman–Crippen MR) is 121 cm³/mol. The van der Waals surface area contributed by atoms with Crippen molar-refractivity contribution in [2.24, 2.45) is 0 Å². The van der Waals surface area contributed by atoms with Crippen molar-refractivity contribution < 1.29 is 9.53 Å². The lowest BCUT2D eigenvalue weighted by atomic mass is 9.95. The second-order valence-corrected chi connectivity index (χ2v) is 7.65. The van der Waals surface area contributed by atoms with Gasteiger partial charge in [-0.25, -0.2) is 4.98 Å². The van der Waals surface area contributed by atoms with Crippen LogP contribution in [0.15, 0.2) is 60.8 Å². The molecule has 1 fully saturated rings. The third-order valence-corrected chi connectivity index (χ3v) is 5.47. The summed E-state index contributed by atoms with van der Waals surface area (Å²) < 4.78 is 5.58. The minimum atomic E-state index is -0.178. The Morgan fingerprint density at radius 2 is 2.00 bits per heavy atom. The number of hydrogen-bond acceptors (Lipinski definition) is 5. The molecule has 1 N–H and O–H groups in total. The van der Waals surface area contributed by atoms with E-state index in [4.69, 9.17) is 10.00 Å². The van der Waals surface area contributed by atoms with Crippen molar-refractivity contribution in [1.82, 2.24) is 4.98 Å². The SMILES string of the molecule is Cc1c(C(=O)Nc2ccc(N3CCO[C@@H](C)C3)nc2)cccc1-c1ccc(C#N)cc1. The van der Waals surface area contributed by atoms with Gasteiger partial charge in [-0.2, -0.15) is 5.26 Å². The molecule has 0 spiro atoms. The molecule has 2 heterocycles. The van der Waals surface area contributed by atoms with Gasteiger partial charge in [0.1, 0.15) is 5.82 Å². The Bertz CT molecular complexity index is 1120. The summed E-state index contributed by atoms with van der Waals surface area (Å²) in [7, 11) is 0. The number of ether oxygens (including phenoxy) is 1. The quantitative estimate of drug-likeness (QED) is 0.687. The highest BCUT2D eigenvalue weighted by Crippen LogP contribution is 2.27. The summed E-state index contributed by atoms with van der Waals surface area (Å²) in [6.07, 6.45) is 1.87. The van der Waals surface area contributed by atoms with Gasteiger partial charge in [0.05, 0.1) is 36.2 Å². The molecule has 1 aromatic heterocycles. The molecule has 156 valence electrons. The first-order valence-corrected chi connectivity index (χ1v) is 10.3. The number of rotatable bonds is 4. The maximum absolute atomic E-state index is 12.9. The molecular formula is C25H24N4O2. The smallest absolute Gasteiger partial charge is 0.255 e. The van der Waals surface area contributed by atoms with E-state index in [1.807, 2.05) is 49.4 Å². The van der Waals surface area contributed by atoms with E-state index < -0.39 is 0 Å². The molecule has 6 heteroatoms. The van der Waals surface area contributed by atoms with Crippen molar-refractivity contribution in [3.8, 4) is 17.2 Å². The first-order valence-electron chi connectivity index (χ1n) is 10.3. The van der Waals surface area contributed by atoms with Gasteiger partial charge in [0, 0.05) is 18.7 Å². The molecule has 4 rings (SSSR count). The van der Waals surface area contributed by atoms with E-state index in [2.05, 4.69) is 28.2 Å². The molecule has 0 unspecified atom stereocenters. The molecule has 1 saturated heterocycles. The first kappa shape index (κ1) is 20.6. The summed E-state index contributed by atoms with van der Waals surface area (Å²) in [5.41, 5.74) is 4.68. The lowest BCUT2D eigenvalue weighted by Crippen LogP contribution is -2.41. The Morgan fingerprint density at radius 1 is 1.19 bits per heavy atom. The number of nitrogens with zero attached hydrogens (tertiary/aromatic N) is 3.